The second kappa shape index (κ2) is 9.50. The van der Waals surface area contributed by atoms with E-state index in [4.69, 9.17) is 14.2 Å². The molecule has 4 N–H and O–H groups in total. The highest BCUT2D eigenvalue weighted by atomic mass is 31.2. The standard InChI is InChI=1S/C17H22N3O7P/c1-3-13-10-26-16(20-13)9-18-17(22)15(19-11(2)21)8-12-4-6-14(7-5-12)27-28(23,24)25/h4-7,10,15H,3,8-9H2,1-2H3,(H,18,22)(H,19,21)(H2,23,24,25). The summed E-state index contributed by atoms with van der Waals surface area (Å²) >= 11 is 0. The highest BCUT2D eigenvalue weighted by Gasteiger charge is 2.21. The number of phosphoric acid groups is 1. The fraction of sp³-hybridized carbons (Fsp3) is 0.353. The molecule has 2 rings (SSSR count). The van der Waals surface area contributed by atoms with Gasteiger partial charge in [0.1, 0.15) is 18.1 Å². The molecule has 152 valence electrons. The maximum absolute atomic E-state index is 12.5. The number of hydrogen-bond donors (Lipinski definition) is 4. The third-order valence-electron chi connectivity index (χ3n) is 3.66. The molecule has 0 saturated carbocycles. The van der Waals surface area contributed by atoms with Crippen LogP contribution in [-0.2, 0) is 33.5 Å². The van der Waals surface area contributed by atoms with Gasteiger partial charge in [-0.15, -0.1) is 0 Å². The molecule has 1 aromatic carbocycles. The van der Waals surface area contributed by atoms with Crippen molar-refractivity contribution < 1.29 is 32.9 Å². The first-order chi connectivity index (χ1) is 13.2. The first kappa shape index (κ1) is 21.6. The Labute approximate surface area is 161 Å². The number of amides is 2. The minimum absolute atomic E-state index is 0.00626. The van der Waals surface area contributed by atoms with Crippen LogP contribution in [0.1, 0.15) is 31.0 Å². The summed E-state index contributed by atoms with van der Waals surface area (Å²) in [5, 5.41) is 5.24. The van der Waals surface area contributed by atoms with Crippen molar-refractivity contribution in [2.75, 3.05) is 0 Å². The van der Waals surface area contributed by atoms with E-state index in [0.29, 0.717) is 17.9 Å². The fourth-order valence-corrected chi connectivity index (χ4v) is 2.79. The Morgan fingerprint density at radius 2 is 1.96 bits per heavy atom. The van der Waals surface area contributed by atoms with Gasteiger partial charge in [0.15, 0.2) is 0 Å². The van der Waals surface area contributed by atoms with Crippen LogP contribution in [0.25, 0.3) is 0 Å². The topological polar surface area (TPSA) is 151 Å². The predicted molar refractivity (Wildman–Crippen MR) is 98.2 cm³/mol. The normalized spacial score (nSPS) is 12.3. The van der Waals surface area contributed by atoms with Crippen molar-refractivity contribution in [3.63, 3.8) is 0 Å². The zero-order valence-electron chi connectivity index (χ0n) is 15.4. The SMILES string of the molecule is CCc1coc(CNC(=O)C(Cc2ccc(OP(=O)(O)O)cc2)NC(C)=O)n1. The molecule has 1 heterocycles. The van der Waals surface area contributed by atoms with E-state index in [0.717, 1.165) is 5.69 Å². The number of rotatable bonds is 9. The average molecular weight is 411 g/mol. The van der Waals surface area contributed by atoms with Crippen LogP contribution in [-0.4, -0.2) is 32.6 Å². The molecule has 0 radical (unpaired) electrons. The molecule has 0 saturated heterocycles. The molecular formula is C17H22N3O7P. The molecule has 0 aliphatic heterocycles. The smallest absolute Gasteiger partial charge is 0.447 e. The number of nitrogens with zero attached hydrogens (tertiary/aromatic N) is 1. The van der Waals surface area contributed by atoms with Crippen molar-refractivity contribution in [1.29, 1.82) is 0 Å². The highest BCUT2D eigenvalue weighted by Crippen LogP contribution is 2.37. The van der Waals surface area contributed by atoms with Crippen LogP contribution in [0.4, 0.5) is 0 Å². The summed E-state index contributed by atoms with van der Waals surface area (Å²) in [6.07, 6.45) is 2.41. The van der Waals surface area contributed by atoms with Gasteiger partial charge in [-0.25, -0.2) is 9.55 Å². The number of phosphoric ester groups is 1. The van der Waals surface area contributed by atoms with Crippen molar-refractivity contribution >= 4 is 19.6 Å². The largest absolute Gasteiger partial charge is 0.524 e. The number of carbonyl (C=O) groups is 2. The summed E-state index contributed by atoms with van der Waals surface area (Å²) in [6.45, 7) is 3.33. The number of aryl methyl sites for hydroxylation is 1. The second-order valence-corrected chi connectivity index (χ2v) is 7.15. The number of hydrogen-bond acceptors (Lipinski definition) is 6. The Bertz CT molecular complexity index is 860. The number of benzene rings is 1. The van der Waals surface area contributed by atoms with Crippen molar-refractivity contribution in [2.24, 2.45) is 0 Å². The van der Waals surface area contributed by atoms with Crippen LogP contribution in [0, 0.1) is 0 Å². The zero-order valence-corrected chi connectivity index (χ0v) is 16.3. The maximum Gasteiger partial charge on any atom is 0.524 e. The first-order valence-corrected chi connectivity index (χ1v) is 10.0. The van der Waals surface area contributed by atoms with Crippen LogP contribution in [0.15, 0.2) is 34.9 Å². The Balaban J connectivity index is 2.00. The summed E-state index contributed by atoms with van der Waals surface area (Å²) in [7, 11) is -4.64. The minimum Gasteiger partial charge on any atom is -0.447 e. The van der Waals surface area contributed by atoms with Gasteiger partial charge in [-0.2, -0.15) is 0 Å². The molecule has 28 heavy (non-hydrogen) atoms. The van der Waals surface area contributed by atoms with Crippen LogP contribution < -0.4 is 15.2 Å². The lowest BCUT2D eigenvalue weighted by molar-refractivity contribution is -0.128. The molecule has 1 unspecified atom stereocenters. The monoisotopic (exact) mass is 411 g/mol. The van der Waals surface area contributed by atoms with E-state index >= 15 is 0 Å². The zero-order chi connectivity index (χ0) is 20.7. The molecule has 2 amide bonds. The van der Waals surface area contributed by atoms with Gasteiger partial charge in [0.05, 0.1) is 12.2 Å². The number of carbonyl (C=O) groups excluding carboxylic acids is 2. The van der Waals surface area contributed by atoms with Gasteiger partial charge in [-0.1, -0.05) is 19.1 Å². The molecule has 11 heteroatoms. The van der Waals surface area contributed by atoms with Gasteiger partial charge in [0, 0.05) is 13.3 Å². The third kappa shape index (κ3) is 7.15. The summed E-state index contributed by atoms with van der Waals surface area (Å²) in [4.78, 5) is 45.7. The number of oxazole rings is 1. The van der Waals surface area contributed by atoms with Gasteiger partial charge in [-0.05, 0) is 24.1 Å². The van der Waals surface area contributed by atoms with Crippen molar-refractivity contribution in [2.45, 2.75) is 39.3 Å². The summed E-state index contributed by atoms with van der Waals surface area (Å²) < 4.78 is 20.6. The Morgan fingerprint density at radius 1 is 1.29 bits per heavy atom. The van der Waals surface area contributed by atoms with Gasteiger partial charge in [0.25, 0.3) is 0 Å². The van der Waals surface area contributed by atoms with Gasteiger partial charge in [0.2, 0.25) is 17.7 Å². The minimum atomic E-state index is -4.64. The van der Waals surface area contributed by atoms with Gasteiger partial charge >= 0.3 is 7.82 Å². The summed E-state index contributed by atoms with van der Waals surface area (Å²) in [5.74, 6) is -0.424. The van der Waals surface area contributed by atoms with E-state index in [1.807, 2.05) is 6.92 Å². The lowest BCUT2D eigenvalue weighted by Crippen LogP contribution is -2.47. The molecular weight excluding hydrogens is 389 g/mol. The van der Waals surface area contributed by atoms with Crippen LogP contribution in [0.5, 0.6) is 5.75 Å². The third-order valence-corrected chi connectivity index (χ3v) is 4.11. The lowest BCUT2D eigenvalue weighted by atomic mass is 10.0. The van der Waals surface area contributed by atoms with Crippen LogP contribution >= 0.6 is 7.82 Å². The Kier molecular flexibility index (Phi) is 7.33. The lowest BCUT2D eigenvalue weighted by Gasteiger charge is -2.17. The molecule has 0 spiro atoms. The summed E-state index contributed by atoms with van der Waals surface area (Å²) in [6, 6.07) is 5.00. The molecule has 0 bridgehead atoms. The predicted octanol–water partition coefficient (Wildman–Crippen LogP) is 1.07. The molecule has 0 fully saturated rings. The van der Waals surface area contributed by atoms with Crippen LogP contribution in [0.2, 0.25) is 0 Å². The highest BCUT2D eigenvalue weighted by molar-refractivity contribution is 7.46. The average Bonchev–Trinajstić information content (AvgIpc) is 3.07. The van der Waals surface area contributed by atoms with Gasteiger partial charge in [-0.3, -0.25) is 19.4 Å². The summed E-state index contributed by atoms with van der Waals surface area (Å²) in [5.41, 5.74) is 1.44. The van der Waals surface area contributed by atoms with Crippen molar-refractivity contribution in [3.8, 4) is 5.75 Å². The number of aromatic nitrogens is 1. The maximum atomic E-state index is 12.5. The van der Waals surface area contributed by atoms with Crippen molar-refractivity contribution in [3.05, 3.63) is 47.7 Å². The molecule has 2 aromatic rings. The molecule has 1 atom stereocenters. The van der Waals surface area contributed by atoms with E-state index in [1.54, 1.807) is 12.1 Å². The number of nitrogens with one attached hydrogen (secondary N) is 2. The molecule has 0 aliphatic carbocycles. The Hall–Kier alpha value is -2.68. The molecule has 10 nitrogen and oxygen atoms in total. The quantitative estimate of drug-likeness (QED) is 0.448. The molecule has 0 aliphatic rings. The Morgan fingerprint density at radius 3 is 2.50 bits per heavy atom. The first-order valence-electron chi connectivity index (χ1n) is 8.48. The van der Waals surface area contributed by atoms with E-state index in [2.05, 4.69) is 20.1 Å². The van der Waals surface area contributed by atoms with E-state index in [9.17, 15) is 14.2 Å². The van der Waals surface area contributed by atoms with Crippen LogP contribution in [0.3, 0.4) is 0 Å². The van der Waals surface area contributed by atoms with E-state index in [1.165, 1.54) is 25.3 Å². The van der Waals surface area contributed by atoms with E-state index < -0.39 is 19.8 Å². The van der Waals surface area contributed by atoms with E-state index in [-0.39, 0.29) is 24.6 Å². The second-order valence-electron chi connectivity index (χ2n) is 5.99. The van der Waals surface area contributed by atoms with Crippen molar-refractivity contribution in [1.82, 2.24) is 15.6 Å². The fourth-order valence-electron chi connectivity index (χ4n) is 2.39. The molecule has 1 aromatic heterocycles. The van der Waals surface area contributed by atoms with Gasteiger partial charge < -0.3 is 19.6 Å².